The third-order valence-electron chi connectivity index (χ3n) is 4.19. The number of anilines is 2. The van der Waals surface area contributed by atoms with Crippen LogP contribution in [0.5, 0.6) is 0 Å². The summed E-state index contributed by atoms with van der Waals surface area (Å²) in [5, 5.41) is 3.35. The third-order valence-corrected chi connectivity index (χ3v) is 4.51. The molecule has 0 aliphatic carbocycles. The molecule has 2 aromatic carbocycles. The Kier molecular flexibility index (Phi) is 4.86. The van der Waals surface area contributed by atoms with Gasteiger partial charge in [-0.15, -0.1) is 0 Å². The van der Waals surface area contributed by atoms with E-state index in [0.29, 0.717) is 29.2 Å². The molecule has 0 unspecified atom stereocenters. The Bertz CT molecular complexity index is 771. The van der Waals surface area contributed by atoms with Gasteiger partial charge in [-0.25, -0.2) is 0 Å². The maximum atomic E-state index is 12.5. The first kappa shape index (κ1) is 16.5. The minimum absolute atomic E-state index is 0.0459. The largest absolute Gasteiger partial charge is 0.322 e. The minimum Gasteiger partial charge on any atom is -0.322 e. The summed E-state index contributed by atoms with van der Waals surface area (Å²) in [7, 11) is 0. The van der Waals surface area contributed by atoms with Crippen molar-refractivity contribution in [3.8, 4) is 0 Å². The molecule has 1 aliphatic rings. The number of rotatable bonds is 4. The first-order valence-corrected chi connectivity index (χ1v) is 8.46. The fraction of sp³-hybridized carbons (Fsp3) is 0.263. The van der Waals surface area contributed by atoms with Crippen molar-refractivity contribution in [3.63, 3.8) is 0 Å². The molecular weight excluding hydrogens is 324 g/mol. The summed E-state index contributed by atoms with van der Waals surface area (Å²) in [5.41, 5.74) is 3.04. The number of hydrogen-bond donors (Lipinski definition) is 1. The van der Waals surface area contributed by atoms with Crippen LogP contribution < -0.4 is 10.2 Å². The van der Waals surface area contributed by atoms with Gasteiger partial charge in [0.05, 0.1) is 10.7 Å². The molecule has 0 spiro atoms. The fourth-order valence-electron chi connectivity index (χ4n) is 2.79. The summed E-state index contributed by atoms with van der Waals surface area (Å²) in [6, 6.07) is 12.8. The zero-order valence-corrected chi connectivity index (χ0v) is 14.3. The van der Waals surface area contributed by atoms with Gasteiger partial charge in [-0.3, -0.25) is 9.59 Å². The number of carbonyl (C=O) groups excluding carboxylic acids is 2. The lowest BCUT2D eigenvalue weighted by Crippen LogP contribution is -2.24. The quantitative estimate of drug-likeness (QED) is 0.901. The van der Waals surface area contributed by atoms with E-state index in [0.717, 1.165) is 18.5 Å². The molecule has 4 nitrogen and oxygen atoms in total. The van der Waals surface area contributed by atoms with Crippen LogP contribution in [0.2, 0.25) is 5.02 Å². The van der Waals surface area contributed by atoms with Crippen molar-refractivity contribution >= 4 is 34.8 Å². The zero-order chi connectivity index (χ0) is 17.1. The molecule has 1 heterocycles. The normalized spacial score (nSPS) is 14.1. The van der Waals surface area contributed by atoms with E-state index in [4.69, 9.17) is 11.6 Å². The average Bonchev–Trinajstić information content (AvgIpc) is 3.02. The summed E-state index contributed by atoms with van der Waals surface area (Å²) in [6.07, 6.45) is 2.30. The molecule has 1 N–H and O–H groups in total. The van der Waals surface area contributed by atoms with E-state index in [9.17, 15) is 9.59 Å². The van der Waals surface area contributed by atoms with Crippen molar-refractivity contribution in [1.29, 1.82) is 0 Å². The molecule has 0 aromatic heterocycles. The van der Waals surface area contributed by atoms with Crippen LogP contribution in [0.3, 0.4) is 0 Å². The molecule has 0 atom stereocenters. The van der Waals surface area contributed by atoms with Gasteiger partial charge in [-0.05, 0) is 48.7 Å². The second-order valence-electron chi connectivity index (χ2n) is 5.82. The fourth-order valence-corrected chi connectivity index (χ4v) is 3.01. The molecule has 24 heavy (non-hydrogen) atoms. The van der Waals surface area contributed by atoms with Crippen LogP contribution in [0.15, 0.2) is 42.5 Å². The molecule has 0 saturated carbocycles. The number of aryl methyl sites for hydroxylation is 1. The predicted molar refractivity (Wildman–Crippen MR) is 96.8 cm³/mol. The number of nitrogens with one attached hydrogen (secondary N) is 1. The summed E-state index contributed by atoms with van der Waals surface area (Å²) < 4.78 is 0. The highest BCUT2D eigenvalue weighted by Crippen LogP contribution is 2.30. The van der Waals surface area contributed by atoms with E-state index < -0.39 is 0 Å². The molecule has 0 radical (unpaired) electrons. The monoisotopic (exact) mass is 342 g/mol. The predicted octanol–water partition coefficient (Wildman–Crippen LogP) is 4.28. The molecule has 2 aromatic rings. The smallest absolute Gasteiger partial charge is 0.255 e. The van der Waals surface area contributed by atoms with Gasteiger partial charge in [-0.1, -0.05) is 30.7 Å². The maximum Gasteiger partial charge on any atom is 0.255 e. The van der Waals surface area contributed by atoms with E-state index >= 15 is 0 Å². The van der Waals surface area contributed by atoms with Gasteiger partial charge in [0.2, 0.25) is 5.91 Å². The lowest BCUT2D eigenvalue weighted by Gasteiger charge is -2.18. The zero-order valence-electron chi connectivity index (χ0n) is 13.5. The van der Waals surface area contributed by atoms with E-state index in [1.165, 1.54) is 5.56 Å². The molecule has 1 saturated heterocycles. The van der Waals surface area contributed by atoms with Gasteiger partial charge in [0.15, 0.2) is 0 Å². The Hall–Kier alpha value is -2.33. The Labute approximate surface area is 146 Å². The highest BCUT2D eigenvalue weighted by Gasteiger charge is 2.24. The Balaban J connectivity index is 1.80. The first-order chi connectivity index (χ1) is 11.6. The molecule has 1 aliphatic heterocycles. The molecule has 5 heteroatoms. The summed E-state index contributed by atoms with van der Waals surface area (Å²) in [5.74, 6) is -0.173. The number of benzene rings is 2. The highest BCUT2D eigenvalue weighted by atomic mass is 35.5. The molecule has 124 valence electrons. The van der Waals surface area contributed by atoms with Gasteiger partial charge in [0.25, 0.3) is 5.91 Å². The molecule has 1 fully saturated rings. The lowest BCUT2D eigenvalue weighted by molar-refractivity contribution is -0.117. The second-order valence-corrected chi connectivity index (χ2v) is 6.23. The number of hydrogen-bond acceptors (Lipinski definition) is 2. The van der Waals surface area contributed by atoms with Crippen LogP contribution in [0.25, 0.3) is 0 Å². The van der Waals surface area contributed by atoms with Gasteiger partial charge in [-0.2, -0.15) is 0 Å². The van der Waals surface area contributed by atoms with Crippen molar-refractivity contribution in [3.05, 3.63) is 58.6 Å². The van der Waals surface area contributed by atoms with Crippen LogP contribution in [-0.4, -0.2) is 18.4 Å². The number of halogens is 1. The summed E-state index contributed by atoms with van der Waals surface area (Å²) in [6.45, 7) is 2.73. The van der Waals surface area contributed by atoms with Crippen LogP contribution in [0, 0.1) is 0 Å². The summed E-state index contributed by atoms with van der Waals surface area (Å²) in [4.78, 5) is 26.0. The van der Waals surface area contributed by atoms with Crippen molar-refractivity contribution < 1.29 is 9.59 Å². The van der Waals surface area contributed by atoms with Crippen molar-refractivity contribution in [2.75, 3.05) is 16.8 Å². The van der Waals surface area contributed by atoms with Crippen molar-refractivity contribution in [1.82, 2.24) is 0 Å². The van der Waals surface area contributed by atoms with Gasteiger partial charge in [0, 0.05) is 24.2 Å². The average molecular weight is 343 g/mol. The number of carbonyl (C=O) groups is 2. The number of amides is 2. The molecular formula is C19H19ClN2O2. The van der Waals surface area contributed by atoms with Crippen molar-refractivity contribution in [2.45, 2.75) is 26.2 Å². The van der Waals surface area contributed by atoms with E-state index in [1.54, 1.807) is 23.1 Å². The Morgan fingerprint density at radius 1 is 1.21 bits per heavy atom. The van der Waals surface area contributed by atoms with Crippen LogP contribution >= 0.6 is 11.6 Å². The van der Waals surface area contributed by atoms with Gasteiger partial charge in [0.1, 0.15) is 0 Å². The molecule has 0 bridgehead atoms. The third kappa shape index (κ3) is 3.44. The maximum absolute atomic E-state index is 12.5. The topological polar surface area (TPSA) is 49.4 Å². The minimum atomic E-state index is -0.219. The molecule has 3 rings (SSSR count). The van der Waals surface area contributed by atoms with Gasteiger partial charge >= 0.3 is 0 Å². The Morgan fingerprint density at radius 3 is 2.58 bits per heavy atom. The first-order valence-electron chi connectivity index (χ1n) is 8.08. The Morgan fingerprint density at radius 2 is 1.96 bits per heavy atom. The van der Waals surface area contributed by atoms with E-state index in [1.807, 2.05) is 24.3 Å². The van der Waals surface area contributed by atoms with Crippen LogP contribution in [0.4, 0.5) is 11.4 Å². The standard InChI is InChI=1S/C19H19ClN2O2/c1-2-13-5-8-15(9-6-13)21-19(24)14-7-10-16(20)17(12-14)22-11-3-4-18(22)23/h5-10,12H,2-4,11H2,1H3,(H,21,24). The summed E-state index contributed by atoms with van der Waals surface area (Å²) >= 11 is 6.21. The SMILES string of the molecule is CCc1ccc(NC(=O)c2ccc(Cl)c(N3CCCC3=O)c2)cc1. The van der Waals surface area contributed by atoms with E-state index in [2.05, 4.69) is 12.2 Å². The van der Waals surface area contributed by atoms with Crippen LogP contribution in [0.1, 0.15) is 35.7 Å². The second kappa shape index (κ2) is 7.05. The lowest BCUT2D eigenvalue weighted by atomic mass is 10.1. The van der Waals surface area contributed by atoms with Crippen molar-refractivity contribution in [2.24, 2.45) is 0 Å². The van der Waals surface area contributed by atoms with Crippen LogP contribution in [-0.2, 0) is 11.2 Å². The highest BCUT2D eigenvalue weighted by molar-refractivity contribution is 6.34. The molecule has 2 amide bonds. The van der Waals surface area contributed by atoms with E-state index in [-0.39, 0.29) is 11.8 Å². The van der Waals surface area contributed by atoms with Gasteiger partial charge < -0.3 is 10.2 Å². The number of nitrogens with zero attached hydrogens (tertiary/aromatic N) is 1.